The molecule has 0 radical (unpaired) electrons. The van der Waals surface area contributed by atoms with Crippen LogP contribution in [0.4, 0.5) is 22.0 Å². The molecule has 0 aromatic carbocycles. The number of hydrogen-bond donors (Lipinski definition) is 1. The van der Waals surface area contributed by atoms with Gasteiger partial charge in [-0.15, -0.1) is 0 Å². The van der Waals surface area contributed by atoms with E-state index in [1.807, 2.05) is 0 Å². The molecule has 0 aliphatic carbocycles. The smallest absolute Gasteiger partial charge is 0.205 e. The quantitative estimate of drug-likeness (QED) is 0.762. The highest BCUT2D eigenvalue weighted by Crippen LogP contribution is 2.24. The van der Waals surface area contributed by atoms with Gasteiger partial charge in [-0.1, -0.05) is 13.3 Å². The van der Waals surface area contributed by atoms with Gasteiger partial charge in [-0.05, 0) is 0 Å². The van der Waals surface area contributed by atoms with Crippen molar-refractivity contribution in [1.82, 2.24) is 4.72 Å². The fraction of sp³-hybridized carbons (Fsp3) is 1.00. The van der Waals surface area contributed by atoms with E-state index in [1.165, 1.54) is 6.92 Å². The molecule has 0 aromatic heterocycles. The van der Waals surface area contributed by atoms with Crippen molar-refractivity contribution in [2.24, 2.45) is 0 Å². The number of alkyl halides is 5. The van der Waals surface area contributed by atoms with Crippen LogP contribution in [0.5, 0.6) is 0 Å². The standard InChI is InChI=1S/C6H10F5NO2S/c1-2-3-5(7,8)4-12-15(13,14)6(9,10)11/h12H,2-4H2,1H3. The largest absolute Gasteiger partial charge is 0.511 e. The van der Waals surface area contributed by atoms with E-state index in [0.717, 1.165) is 4.72 Å². The van der Waals surface area contributed by atoms with Gasteiger partial charge >= 0.3 is 15.5 Å². The second-order valence-electron chi connectivity index (χ2n) is 2.88. The van der Waals surface area contributed by atoms with Crippen LogP contribution in [0, 0.1) is 0 Å². The lowest BCUT2D eigenvalue weighted by Gasteiger charge is -2.16. The molecule has 1 N–H and O–H groups in total. The summed E-state index contributed by atoms with van der Waals surface area (Å²) in [6, 6.07) is 0. The third-order valence-electron chi connectivity index (χ3n) is 1.44. The van der Waals surface area contributed by atoms with E-state index in [-0.39, 0.29) is 6.42 Å². The molecule has 9 heteroatoms. The zero-order valence-electron chi connectivity index (χ0n) is 7.74. The van der Waals surface area contributed by atoms with E-state index in [4.69, 9.17) is 0 Å². The second-order valence-corrected chi connectivity index (χ2v) is 4.63. The zero-order valence-corrected chi connectivity index (χ0v) is 8.55. The molecule has 0 atom stereocenters. The van der Waals surface area contributed by atoms with Crippen molar-refractivity contribution in [1.29, 1.82) is 0 Å². The van der Waals surface area contributed by atoms with Gasteiger partial charge in [-0.3, -0.25) is 0 Å². The highest BCUT2D eigenvalue weighted by Gasteiger charge is 2.47. The van der Waals surface area contributed by atoms with Crippen molar-refractivity contribution >= 4 is 10.0 Å². The molecule has 0 aliphatic rings. The molecular weight excluding hydrogens is 245 g/mol. The van der Waals surface area contributed by atoms with Crippen molar-refractivity contribution in [2.45, 2.75) is 31.2 Å². The monoisotopic (exact) mass is 255 g/mol. The molecule has 0 fully saturated rings. The van der Waals surface area contributed by atoms with Gasteiger partial charge in [0.05, 0.1) is 6.54 Å². The summed E-state index contributed by atoms with van der Waals surface area (Å²) >= 11 is 0. The lowest BCUT2D eigenvalue weighted by molar-refractivity contribution is -0.0467. The van der Waals surface area contributed by atoms with Crippen LogP contribution in [-0.4, -0.2) is 26.4 Å². The van der Waals surface area contributed by atoms with Crippen LogP contribution in [0.25, 0.3) is 0 Å². The summed E-state index contributed by atoms with van der Waals surface area (Å²) in [6.07, 6.45) is -0.631. The highest BCUT2D eigenvalue weighted by molar-refractivity contribution is 7.90. The van der Waals surface area contributed by atoms with Crippen LogP contribution in [0.15, 0.2) is 0 Å². The van der Waals surface area contributed by atoms with Gasteiger partial charge in [0, 0.05) is 6.42 Å². The highest BCUT2D eigenvalue weighted by atomic mass is 32.2. The Balaban J connectivity index is 4.41. The molecule has 92 valence electrons. The molecule has 15 heavy (non-hydrogen) atoms. The first-order valence-corrected chi connectivity index (χ1v) is 5.44. The van der Waals surface area contributed by atoms with Gasteiger partial charge in [0.2, 0.25) is 0 Å². The first-order valence-electron chi connectivity index (χ1n) is 3.95. The van der Waals surface area contributed by atoms with E-state index in [9.17, 15) is 30.4 Å². The number of hydrogen-bond acceptors (Lipinski definition) is 2. The van der Waals surface area contributed by atoms with Crippen molar-refractivity contribution in [3.63, 3.8) is 0 Å². The van der Waals surface area contributed by atoms with Crippen LogP contribution in [-0.2, 0) is 10.0 Å². The maximum Gasteiger partial charge on any atom is 0.511 e. The van der Waals surface area contributed by atoms with Gasteiger partial charge in [0.1, 0.15) is 0 Å². The Morgan fingerprint density at radius 2 is 1.60 bits per heavy atom. The fourth-order valence-corrected chi connectivity index (χ4v) is 1.30. The molecule has 0 saturated carbocycles. The van der Waals surface area contributed by atoms with Gasteiger partial charge in [0.25, 0.3) is 5.92 Å². The number of rotatable bonds is 5. The van der Waals surface area contributed by atoms with Crippen molar-refractivity contribution in [2.75, 3.05) is 6.54 Å². The number of halogens is 5. The van der Waals surface area contributed by atoms with Crippen LogP contribution >= 0.6 is 0 Å². The SMILES string of the molecule is CCCC(F)(F)CNS(=O)(=O)C(F)(F)F. The van der Waals surface area contributed by atoms with Gasteiger partial charge < -0.3 is 0 Å². The zero-order chi connectivity index (χ0) is 12.3. The topological polar surface area (TPSA) is 46.2 Å². The first kappa shape index (κ1) is 14.6. The Bertz CT molecular complexity index is 297. The molecule has 0 rings (SSSR count). The van der Waals surface area contributed by atoms with Crippen LogP contribution < -0.4 is 4.72 Å². The molecule has 3 nitrogen and oxygen atoms in total. The molecule has 0 heterocycles. The molecular formula is C6H10F5NO2S. The number of sulfonamides is 1. The summed E-state index contributed by atoms with van der Waals surface area (Å²) in [4.78, 5) is 0. The van der Waals surface area contributed by atoms with E-state index < -0.39 is 34.4 Å². The summed E-state index contributed by atoms with van der Waals surface area (Å²) in [5.41, 5.74) is -5.56. The van der Waals surface area contributed by atoms with E-state index in [1.54, 1.807) is 0 Å². The summed E-state index contributed by atoms with van der Waals surface area (Å²) in [5.74, 6) is -3.47. The van der Waals surface area contributed by atoms with E-state index in [2.05, 4.69) is 0 Å². The van der Waals surface area contributed by atoms with Crippen LogP contribution in [0.1, 0.15) is 19.8 Å². The summed E-state index contributed by atoms with van der Waals surface area (Å²) in [6.45, 7) is -0.130. The van der Waals surface area contributed by atoms with E-state index in [0.29, 0.717) is 0 Å². The summed E-state index contributed by atoms with van der Waals surface area (Å²) < 4.78 is 81.9. The summed E-state index contributed by atoms with van der Waals surface area (Å²) in [5, 5.41) is 0. The Kier molecular flexibility index (Phi) is 4.47. The Hall–Kier alpha value is -0.440. The lowest BCUT2D eigenvalue weighted by Crippen LogP contribution is -2.42. The third-order valence-corrected chi connectivity index (χ3v) is 2.58. The average molecular weight is 255 g/mol. The number of nitrogens with one attached hydrogen (secondary N) is 1. The van der Waals surface area contributed by atoms with Crippen molar-refractivity contribution in [3.05, 3.63) is 0 Å². The second kappa shape index (κ2) is 4.60. The lowest BCUT2D eigenvalue weighted by atomic mass is 10.2. The van der Waals surface area contributed by atoms with Gasteiger partial charge in [-0.2, -0.15) is 13.2 Å². The third kappa shape index (κ3) is 4.74. The molecule has 0 spiro atoms. The first-order chi connectivity index (χ1) is 6.52. The maximum atomic E-state index is 12.6. The molecule has 0 unspecified atom stereocenters. The average Bonchev–Trinajstić information content (AvgIpc) is 1.99. The Morgan fingerprint density at radius 3 is 1.93 bits per heavy atom. The van der Waals surface area contributed by atoms with Crippen LogP contribution in [0.2, 0.25) is 0 Å². The minimum absolute atomic E-state index is 0.0424. The minimum atomic E-state index is -5.68. The molecule has 0 bridgehead atoms. The predicted molar refractivity (Wildman–Crippen MR) is 42.8 cm³/mol. The normalized spacial score (nSPS) is 14.3. The Labute approximate surface area is 83.7 Å². The Morgan fingerprint density at radius 1 is 1.13 bits per heavy atom. The predicted octanol–water partition coefficient (Wildman–Crippen LogP) is 1.86. The summed E-state index contributed by atoms with van der Waals surface area (Å²) in [7, 11) is -5.68. The van der Waals surface area contributed by atoms with Gasteiger partial charge in [-0.25, -0.2) is 21.9 Å². The molecule has 0 saturated heterocycles. The molecule has 0 amide bonds. The van der Waals surface area contributed by atoms with E-state index >= 15 is 0 Å². The fourth-order valence-electron chi connectivity index (χ4n) is 0.737. The molecule has 0 aliphatic heterocycles. The molecule has 0 aromatic rings. The minimum Gasteiger partial charge on any atom is -0.205 e. The van der Waals surface area contributed by atoms with Crippen LogP contribution in [0.3, 0.4) is 0 Å². The van der Waals surface area contributed by atoms with Crippen molar-refractivity contribution in [3.8, 4) is 0 Å². The maximum absolute atomic E-state index is 12.6. The van der Waals surface area contributed by atoms with Gasteiger partial charge in [0.15, 0.2) is 0 Å². The van der Waals surface area contributed by atoms with Crippen molar-refractivity contribution < 1.29 is 30.4 Å².